The van der Waals surface area contributed by atoms with E-state index in [0.29, 0.717) is 0 Å². The van der Waals surface area contributed by atoms with E-state index in [9.17, 15) is 0 Å². The molecule has 0 bridgehead atoms. The zero-order valence-corrected chi connectivity index (χ0v) is 13.1. The van der Waals surface area contributed by atoms with Crippen molar-refractivity contribution in [2.24, 2.45) is 0 Å². The zero-order chi connectivity index (χ0) is 14.0. The monoisotopic (exact) mass is 304 g/mol. The Bertz CT molecular complexity index is 1140. The van der Waals surface area contributed by atoms with Crippen LogP contribution in [0.2, 0.25) is 0 Å². The van der Waals surface area contributed by atoms with Gasteiger partial charge in [0, 0.05) is 25.0 Å². The third kappa shape index (κ3) is 1.55. The molecule has 5 rings (SSSR count). The molecule has 0 radical (unpaired) electrons. The van der Waals surface area contributed by atoms with Gasteiger partial charge in [-0.1, -0.05) is 30.3 Å². The summed E-state index contributed by atoms with van der Waals surface area (Å²) in [6, 6.07) is 18.2. The van der Waals surface area contributed by atoms with Crippen LogP contribution < -0.4 is 0 Å². The molecule has 0 aliphatic rings. The molecule has 0 nitrogen and oxygen atoms in total. The topological polar surface area (TPSA) is 0 Å². The minimum Gasteiger partial charge on any atom is -0.144 e. The van der Waals surface area contributed by atoms with E-state index in [1.807, 2.05) is 22.7 Å². The van der Waals surface area contributed by atoms with Gasteiger partial charge >= 0.3 is 0 Å². The Balaban J connectivity index is 2.06. The zero-order valence-electron chi connectivity index (χ0n) is 11.5. The summed E-state index contributed by atoms with van der Waals surface area (Å²) in [7, 11) is 0. The molecule has 0 unspecified atom stereocenters. The number of hydrogen-bond donors (Lipinski definition) is 0. The van der Waals surface area contributed by atoms with Gasteiger partial charge in [-0.15, -0.1) is 22.7 Å². The van der Waals surface area contributed by atoms with E-state index >= 15 is 0 Å². The second-order valence-electron chi connectivity index (χ2n) is 5.49. The average Bonchev–Trinajstić information content (AvgIpc) is 3.11. The lowest BCUT2D eigenvalue weighted by Crippen LogP contribution is -1.78. The fourth-order valence-corrected chi connectivity index (χ4v) is 5.14. The van der Waals surface area contributed by atoms with Gasteiger partial charge in [0.25, 0.3) is 0 Å². The summed E-state index contributed by atoms with van der Waals surface area (Å²) in [6.07, 6.45) is 0. The molecule has 100 valence electrons. The highest BCUT2D eigenvalue weighted by Crippen LogP contribution is 2.38. The fourth-order valence-electron chi connectivity index (χ4n) is 3.30. The van der Waals surface area contributed by atoms with Crippen molar-refractivity contribution in [1.82, 2.24) is 0 Å². The number of benzene rings is 3. The molecule has 5 aromatic rings. The van der Waals surface area contributed by atoms with Crippen LogP contribution in [-0.2, 0) is 0 Å². The van der Waals surface area contributed by atoms with Gasteiger partial charge in [0.15, 0.2) is 0 Å². The smallest absolute Gasteiger partial charge is 0.0424 e. The molecular weight excluding hydrogens is 292 g/mol. The Morgan fingerprint density at radius 2 is 1.43 bits per heavy atom. The third-order valence-corrected chi connectivity index (χ3v) is 6.21. The number of aryl methyl sites for hydroxylation is 1. The maximum absolute atomic E-state index is 2.30. The summed E-state index contributed by atoms with van der Waals surface area (Å²) in [5, 5.41) is 10.4. The molecule has 0 amide bonds. The van der Waals surface area contributed by atoms with E-state index in [1.54, 1.807) is 0 Å². The van der Waals surface area contributed by atoms with Crippen molar-refractivity contribution < 1.29 is 0 Å². The summed E-state index contributed by atoms with van der Waals surface area (Å²) >= 11 is 3.71. The second-order valence-corrected chi connectivity index (χ2v) is 7.70. The molecule has 0 saturated carbocycles. The lowest BCUT2D eigenvalue weighted by Gasteiger charge is -2.06. The average molecular weight is 304 g/mol. The van der Waals surface area contributed by atoms with Crippen molar-refractivity contribution in [2.75, 3.05) is 0 Å². The molecule has 0 atom stereocenters. The maximum Gasteiger partial charge on any atom is 0.0424 e. The minimum absolute atomic E-state index is 1.36. The highest BCUT2D eigenvalue weighted by Gasteiger charge is 2.09. The number of rotatable bonds is 0. The predicted molar refractivity (Wildman–Crippen MR) is 97.0 cm³/mol. The van der Waals surface area contributed by atoms with Crippen molar-refractivity contribution in [3.8, 4) is 0 Å². The van der Waals surface area contributed by atoms with Crippen LogP contribution in [0.5, 0.6) is 0 Å². The SMILES string of the molecule is Cc1cc2ccc3c4ccc5sccc5c4ccc3c2s1. The lowest BCUT2D eigenvalue weighted by molar-refractivity contribution is 1.66. The van der Waals surface area contributed by atoms with Gasteiger partial charge in [-0.05, 0) is 52.0 Å². The van der Waals surface area contributed by atoms with Gasteiger partial charge in [0.1, 0.15) is 0 Å². The quantitative estimate of drug-likeness (QED) is 0.278. The molecule has 2 heterocycles. The summed E-state index contributed by atoms with van der Waals surface area (Å²) in [4.78, 5) is 1.38. The van der Waals surface area contributed by atoms with E-state index in [4.69, 9.17) is 0 Å². The minimum atomic E-state index is 1.36. The van der Waals surface area contributed by atoms with Gasteiger partial charge in [-0.3, -0.25) is 0 Å². The van der Waals surface area contributed by atoms with Crippen LogP contribution in [0.3, 0.4) is 0 Å². The molecule has 2 heteroatoms. The van der Waals surface area contributed by atoms with Crippen molar-refractivity contribution in [1.29, 1.82) is 0 Å². The van der Waals surface area contributed by atoms with Crippen molar-refractivity contribution >= 4 is 64.4 Å². The van der Waals surface area contributed by atoms with E-state index in [1.165, 1.54) is 46.6 Å². The summed E-state index contributed by atoms with van der Waals surface area (Å²) < 4.78 is 2.78. The highest BCUT2D eigenvalue weighted by molar-refractivity contribution is 7.20. The Labute approximate surface area is 130 Å². The molecule has 0 aliphatic heterocycles. The van der Waals surface area contributed by atoms with E-state index in [-0.39, 0.29) is 0 Å². The predicted octanol–water partition coefficient (Wildman–Crippen LogP) is 6.73. The van der Waals surface area contributed by atoms with Crippen LogP contribution in [0, 0.1) is 6.92 Å². The summed E-state index contributed by atoms with van der Waals surface area (Å²) in [5.41, 5.74) is 0. The molecule has 0 N–H and O–H groups in total. The molecule has 21 heavy (non-hydrogen) atoms. The van der Waals surface area contributed by atoms with Gasteiger partial charge < -0.3 is 0 Å². The van der Waals surface area contributed by atoms with Crippen LogP contribution in [0.25, 0.3) is 41.7 Å². The summed E-state index contributed by atoms with van der Waals surface area (Å²) in [6.45, 7) is 2.19. The molecule has 0 aliphatic carbocycles. The molecular formula is C19H12S2. The first-order valence-corrected chi connectivity index (χ1v) is 8.73. The van der Waals surface area contributed by atoms with Gasteiger partial charge in [0.2, 0.25) is 0 Å². The van der Waals surface area contributed by atoms with Crippen molar-refractivity contribution in [3.63, 3.8) is 0 Å². The Morgan fingerprint density at radius 3 is 2.38 bits per heavy atom. The normalized spacial score (nSPS) is 12.0. The lowest BCUT2D eigenvalue weighted by atomic mass is 9.99. The van der Waals surface area contributed by atoms with E-state index in [0.717, 1.165) is 0 Å². The first-order valence-electron chi connectivity index (χ1n) is 7.03. The van der Waals surface area contributed by atoms with Crippen molar-refractivity contribution in [2.45, 2.75) is 6.92 Å². The number of hydrogen-bond acceptors (Lipinski definition) is 2. The van der Waals surface area contributed by atoms with Gasteiger partial charge in [-0.2, -0.15) is 0 Å². The fraction of sp³-hybridized carbons (Fsp3) is 0.0526. The first-order chi connectivity index (χ1) is 10.3. The second kappa shape index (κ2) is 4.06. The standard InChI is InChI=1S/C19H12S2/c1-11-10-12-2-3-15-13-6-7-18-16(8-9-20-18)14(13)4-5-17(15)19(12)21-11/h2-10H,1H3. The van der Waals surface area contributed by atoms with E-state index in [2.05, 4.69) is 60.8 Å². The van der Waals surface area contributed by atoms with Crippen LogP contribution in [0.4, 0.5) is 0 Å². The van der Waals surface area contributed by atoms with Crippen molar-refractivity contribution in [3.05, 3.63) is 58.8 Å². The van der Waals surface area contributed by atoms with E-state index < -0.39 is 0 Å². The molecule has 2 aromatic heterocycles. The Morgan fingerprint density at radius 1 is 0.714 bits per heavy atom. The molecule has 0 saturated heterocycles. The van der Waals surface area contributed by atoms with Crippen LogP contribution in [0.1, 0.15) is 4.88 Å². The Kier molecular flexibility index (Phi) is 2.27. The molecule has 0 fully saturated rings. The molecule has 3 aromatic carbocycles. The van der Waals surface area contributed by atoms with Crippen LogP contribution in [-0.4, -0.2) is 0 Å². The number of fused-ring (bicyclic) bond motifs is 7. The highest BCUT2D eigenvalue weighted by atomic mass is 32.1. The largest absolute Gasteiger partial charge is 0.144 e. The van der Waals surface area contributed by atoms with Gasteiger partial charge in [0.05, 0.1) is 0 Å². The van der Waals surface area contributed by atoms with Crippen LogP contribution >= 0.6 is 22.7 Å². The van der Waals surface area contributed by atoms with Gasteiger partial charge in [-0.25, -0.2) is 0 Å². The molecule has 0 spiro atoms. The van der Waals surface area contributed by atoms with Crippen LogP contribution in [0.15, 0.2) is 53.9 Å². The first kappa shape index (κ1) is 11.7. The third-order valence-electron chi connectivity index (χ3n) is 4.23. The summed E-state index contributed by atoms with van der Waals surface area (Å²) in [5.74, 6) is 0. The number of thiophene rings is 2. The maximum atomic E-state index is 2.30. The Hall–Kier alpha value is -1.90.